The van der Waals surface area contributed by atoms with Gasteiger partial charge in [0.05, 0.1) is 0 Å². The molecule has 0 unspecified atom stereocenters. The minimum atomic E-state index is -0.465. The van der Waals surface area contributed by atoms with Gasteiger partial charge in [0.25, 0.3) is 0 Å². The van der Waals surface area contributed by atoms with E-state index in [4.69, 9.17) is 9.47 Å². The van der Waals surface area contributed by atoms with Crippen LogP contribution in [-0.2, 0) is 11.3 Å². The van der Waals surface area contributed by atoms with Gasteiger partial charge in [-0.05, 0) is 77.3 Å². The van der Waals surface area contributed by atoms with Crippen LogP contribution < -0.4 is 9.64 Å². The summed E-state index contributed by atoms with van der Waals surface area (Å²) in [6, 6.07) is 18.9. The molecule has 178 valence electrons. The zero-order valence-electron chi connectivity index (χ0n) is 20.7. The Morgan fingerprint density at radius 1 is 1.03 bits per heavy atom. The van der Waals surface area contributed by atoms with E-state index >= 15 is 0 Å². The van der Waals surface area contributed by atoms with Crippen LogP contribution in [0.5, 0.6) is 5.75 Å². The summed E-state index contributed by atoms with van der Waals surface area (Å²) in [5, 5.41) is 0. The van der Waals surface area contributed by atoms with Crippen LogP contribution in [0.2, 0.25) is 0 Å². The van der Waals surface area contributed by atoms with Crippen LogP contribution in [0.15, 0.2) is 66.2 Å². The van der Waals surface area contributed by atoms with E-state index in [0.717, 1.165) is 30.7 Å². The summed E-state index contributed by atoms with van der Waals surface area (Å²) in [7, 11) is 0. The van der Waals surface area contributed by atoms with Gasteiger partial charge < -0.3 is 19.3 Å². The Labute approximate surface area is 199 Å². The lowest BCUT2D eigenvalue weighted by molar-refractivity contribution is 0.0205. The fraction of sp³-hybridized carbons (Fsp3) is 0.464. The lowest BCUT2D eigenvalue weighted by atomic mass is 10.0. The summed E-state index contributed by atoms with van der Waals surface area (Å²) >= 11 is 0. The molecule has 0 bridgehead atoms. The van der Waals surface area contributed by atoms with E-state index in [9.17, 15) is 4.79 Å². The number of hydrogen-bond acceptors (Lipinski definition) is 4. The van der Waals surface area contributed by atoms with Crippen molar-refractivity contribution in [1.29, 1.82) is 0 Å². The topological polar surface area (TPSA) is 42.0 Å². The largest absolute Gasteiger partial charge is 0.489 e. The van der Waals surface area contributed by atoms with Crippen molar-refractivity contribution in [2.45, 2.75) is 65.7 Å². The van der Waals surface area contributed by atoms with Gasteiger partial charge in [0.2, 0.25) is 0 Å². The molecule has 0 N–H and O–H groups in total. The van der Waals surface area contributed by atoms with Crippen molar-refractivity contribution in [2.24, 2.45) is 0 Å². The molecule has 0 aliphatic carbocycles. The number of carbonyl (C=O) groups is 1. The van der Waals surface area contributed by atoms with Crippen molar-refractivity contribution in [3.8, 4) is 5.75 Å². The second kappa shape index (κ2) is 11.3. The first-order valence-corrected chi connectivity index (χ1v) is 11.9. The van der Waals surface area contributed by atoms with E-state index in [1.54, 1.807) is 0 Å². The molecule has 1 heterocycles. The lowest BCUT2D eigenvalue weighted by Crippen LogP contribution is -2.48. The number of rotatable bonds is 7. The summed E-state index contributed by atoms with van der Waals surface area (Å²) in [5.74, 6) is 0.865. The highest BCUT2D eigenvalue weighted by molar-refractivity contribution is 5.68. The van der Waals surface area contributed by atoms with Crippen molar-refractivity contribution < 1.29 is 14.3 Å². The van der Waals surface area contributed by atoms with Crippen LogP contribution in [0.25, 0.3) is 0 Å². The first-order chi connectivity index (χ1) is 15.7. The number of allylic oxidation sites excluding steroid dienone is 1. The normalized spacial score (nSPS) is 14.5. The van der Waals surface area contributed by atoms with E-state index in [0.29, 0.717) is 25.7 Å². The maximum absolute atomic E-state index is 12.4. The Morgan fingerprint density at radius 2 is 1.67 bits per heavy atom. The fourth-order valence-electron chi connectivity index (χ4n) is 3.91. The molecule has 5 nitrogen and oxygen atoms in total. The molecule has 33 heavy (non-hydrogen) atoms. The Morgan fingerprint density at radius 3 is 2.24 bits per heavy atom. The number of hydrogen-bond donors (Lipinski definition) is 0. The van der Waals surface area contributed by atoms with Crippen LogP contribution in [0.4, 0.5) is 10.5 Å². The fourth-order valence-corrected chi connectivity index (χ4v) is 3.91. The monoisotopic (exact) mass is 450 g/mol. The number of likely N-dealkylation sites (tertiary alicyclic amines) is 1. The van der Waals surface area contributed by atoms with E-state index in [1.165, 1.54) is 11.3 Å². The van der Waals surface area contributed by atoms with Crippen LogP contribution >= 0.6 is 0 Å². The van der Waals surface area contributed by atoms with Gasteiger partial charge in [-0.1, -0.05) is 42.0 Å². The third kappa shape index (κ3) is 7.85. The second-order valence-corrected chi connectivity index (χ2v) is 9.90. The van der Waals surface area contributed by atoms with Gasteiger partial charge in [-0.15, -0.1) is 0 Å². The lowest BCUT2D eigenvalue weighted by Gasteiger charge is -2.39. The van der Waals surface area contributed by atoms with E-state index in [-0.39, 0.29) is 6.09 Å². The summed E-state index contributed by atoms with van der Waals surface area (Å²) < 4.78 is 11.5. The first-order valence-electron chi connectivity index (χ1n) is 11.9. The zero-order valence-corrected chi connectivity index (χ0v) is 20.7. The predicted molar refractivity (Wildman–Crippen MR) is 135 cm³/mol. The summed E-state index contributed by atoms with van der Waals surface area (Å²) in [6.45, 7) is 12.8. The Bertz CT molecular complexity index is 904. The Hall–Kier alpha value is -2.95. The van der Waals surface area contributed by atoms with Gasteiger partial charge >= 0.3 is 6.09 Å². The average molecular weight is 451 g/mol. The molecule has 1 aliphatic rings. The van der Waals surface area contributed by atoms with E-state index in [1.807, 2.05) is 56.0 Å². The smallest absolute Gasteiger partial charge is 0.410 e. The number of nitrogens with zero attached hydrogens (tertiary/aromatic N) is 2. The molecule has 2 aromatic rings. The first kappa shape index (κ1) is 24.7. The van der Waals surface area contributed by atoms with Crippen molar-refractivity contribution in [2.75, 3.05) is 24.5 Å². The Balaban J connectivity index is 1.64. The van der Waals surface area contributed by atoms with Crippen molar-refractivity contribution in [1.82, 2.24) is 4.90 Å². The number of benzene rings is 2. The molecule has 0 saturated carbocycles. The Kier molecular flexibility index (Phi) is 8.43. The third-order valence-electron chi connectivity index (χ3n) is 5.67. The van der Waals surface area contributed by atoms with Crippen LogP contribution in [-0.4, -0.2) is 42.3 Å². The van der Waals surface area contributed by atoms with Gasteiger partial charge in [0, 0.05) is 31.4 Å². The number of ether oxygens (including phenoxy) is 2. The average Bonchev–Trinajstić information content (AvgIpc) is 2.78. The number of piperidine rings is 1. The summed E-state index contributed by atoms with van der Waals surface area (Å²) in [4.78, 5) is 16.7. The van der Waals surface area contributed by atoms with Gasteiger partial charge in [-0.3, -0.25) is 0 Å². The van der Waals surface area contributed by atoms with Gasteiger partial charge in [0.15, 0.2) is 0 Å². The highest BCUT2D eigenvalue weighted by Gasteiger charge is 2.29. The summed E-state index contributed by atoms with van der Waals surface area (Å²) in [5.41, 5.74) is 3.17. The molecule has 1 aliphatic heterocycles. The molecule has 0 spiro atoms. The van der Waals surface area contributed by atoms with E-state index < -0.39 is 5.60 Å². The zero-order chi connectivity index (χ0) is 23.8. The molecule has 1 amide bonds. The van der Waals surface area contributed by atoms with Crippen LogP contribution in [0, 0.1) is 0 Å². The molecule has 1 saturated heterocycles. The van der Waals surface area contributed by atoms with Gasteiger partial charge in [-0.2, -0.15) is 0 Å². The van der Waals surface area contributed by atoms with E-state index in [2.05, 4.69) is 49.1 Å². The molecular weight excluding hydrogens is 412 g/mol. The van der Waals surface area contributed by atoms with Gasteiger partial charge in [0.1, 0.15) is 18.0 Å². The molecule has 0 aromatic heterocycles. The molecule has 0 atom stereocenters. The molecule has 2 aromatic carbocycles. The molecular formula is C28H38N2O3. The van der Waals surface area contributed by atoms with Crippen molar-refractivity contribution in [3.05, 3.63) is 71.8 Å². The molecule has 3 rings (SSSR count). The van der Waals surface area contributed by atoms with Crippen molar-refractivity contribution in [3.63, 3.8) is 0 Å². The maximum Gasteiger partial charge on any atom is 0.410 e. The predicted octanol–water partition coefficient (Wildman–Crippen LogP) is 6.44. The SMILES string of the molecule is CC(C)=CCN(c1ccc(OCc2ccccc2)cc1)C1CCN(C(=O)OC(C)(C)C)CC1. The maximum atomic E-state index is 12.4. The van der Waals surface area contributed by atoms with Gasteiger partial charge in [-0.25, -0.2) is 4.79 Å². The molecule has 1 fully saturated rings. The molecule has 0 radical (unpaired) electrons. The van der Waals surface area contributed by atoms with Crippen molar-refractivity contribution >= 4 is 11.8 Å². The standard InChI is InChI=1S/C28H38N2O3/c1-22(2)15-20-30(25-16-18-29(19-17-25)27(31)33-28(3,4)5)24-11-13-26(14-12-24)32-21-23-9-7-6-8-10-23/h6-15,25H,16-21H2,1-5H3. The highest BCUT2D eigenvalue weighted by atomic mass is 16.6. The second-order valence-electron chi connectivity index (χ2n) is 9.90. The highest BCUT2D eigenvalue weighted by Crippen LogP contribution is 2.27. The quantitative estimate of drug-likeness (QED) is 0.455. The summed E-state index contributed by atoms with van der Waals surface area (Å²) in [6.07, 6.45) is 3.89. The van der Waals surface area contributed by atoms with Crippen LogP contribution in [0.3, 0.4) is 0 Å². The number of amides is 1. The minimum Gasteiger partial charge on any atom is -0.489 e. The van der Waals surface area contributed by atoms with Crippen LogP contribution in [0.1, 0.15) is 53.0 Å². The molecule has 5 heteroatoms. The minimum absolute atomic E-state index is 0.211. The third-order valence-corrected chi connectivity index (χ3v) is 5.67. The number of carbonyl (C=O) groups excluding carboxylic acids is 1. The number of anilines is 1.